The van der Waals surface area contributed by atoms with Crippen molar-refractivity contribution < 1.29 is 19.4 Å². The third-order valence-electron chi connectivity index (χ3n) is 8.63. The van der Waals surface area contributed by atoms with E-state index in [0.717, 1.165) is 83.7 Å². The van der Waals surface area contributed by atoms with Crippen LogP contribution in [0.2, 0.25) is 0 Å². The highest BCUT2D eigenvalue weighted by Crippen LogP contribution is 2.37. The summed E-state index contributed by atoms with van der Waals surface area (Å²) in [6, 6.07) is 8.04. The van der Waals surface area contributed by atoms with Gasteiger partial charge in [-0.2, -0.15) is 0 Å². The Labute approximate surface area is 269 Å². The highest BCUT2D eigenvalue weighted by Gasteiger charge is 2.22. The monoisotopic (exact) mass is 618 g/mol. The average molecular weight is 619 g/mol. The molecule has 0 atom stereocenters. The largest absolute Gasteiger partial charge is 0.481 e. The molecule has 2 aliphatic rings. The lowest BCUT2D eigenvalue weighted by Gasteiger charge is -2.19. The van der Waals surface area contributed by atoms with Crippen molar-refractivity contribution in [1.29, 1.82) is 0 Å². The van der Waals surface area contributed by atoms with Crippen LogP contribution in [0.3, 0.4) is 0 Å². The number of carbonyl (C=O) groups excluding carboxylic acids is 1. The number of aromatic amines is 2. The van der Waals surface area contributed by atoms with Gasteiger partial charge in [-0.1, -0.05) is 25.3 Å². The molecule has 8 bridgehead atoms. The van der Waals surface area contributed by atoms with Crippen LogP contribution in [-0.4, -0.2) is 42.6 Å². The standard InChI is InChI=1S/C38H42N4O4/c1-10-24-20(3)28-16-29-22(5)26(12-14-36(43)44)34(41-29)19-35-27(13-15-37(45)46-38(7,8)9)23(6)31(42-35)18-33-25(11-2)21(4)30(40-33)17-32(24)39-28/h10-11,16-19,40,42H,1-2,12-15H2,3-9H3,(H,43,44). The van der Waals surface area contributed by atoms with Gasteiger partial charge in [-0.05, 0) is 119 Å². The number of fused-ring (bicyclic) bond motifs is 8. The van der Waals surface area contributed by atoms with Crippen LogP contribution in [-0.2, 0) is 20.7 Å². The van der Waals surface area contributed by atoms with Crippen molar-refractivity contribution in [3.8, 4) is 0 Å². The van der Waals surface area contributed by atoms with Crippen molar-refractivity contribution >= 4 is 62.4 Å². The molecular formula is C38H42N4O4. The van der Waals surface area contributed by atoms with Crippen LogP contribution >= 0.6 is 0 Å². The maximum atomic E-state index is 12.8. The fourth-order valence-electron chi connectivity index (χ4n) is 6.16. The molecule has 0 amide bonds. The Morgan fingerprint density at radius 3 is 2.07 bits per heavy atom. The lowest BCUT2D eigenvalue weighted by Crippen LogP contribution is -2.24. The zero-order valence-electron chi connectivity index (χ0n) is 27.8. The van der Waals surface area contributed by atoms with Crippen molar-refractivity contribution in [2.75, 3.05) is 0 Å². The van der Waals surface area contributed by atoms with Gasteiger partial charge < -0.3 is 19.8 Å². The molecule has 2 aliphatic heterocycles. The minimum absolute atomic E-state index is 0.0207. The molecule has 238 valence electrons. The Kier molecular flexibility index (Phi) is 8.76. The van der Waals surface area contributed by atoms with Crippen molar-refractivity contribution in [3.05, 3.63) is 88.5 Å². The van der Waals surface area contributed by atoms with Crippen LogP contribution in [0.4, 0.5) is 0 Å². The number of esters is 1. The second-order valence-corrected chi connectivity index (χ2v) is 12.9. The summed E-state index contributed by atoms with van der Waals surface area (Å²) in [4.78, 5) is 41.6. The molecule has 46 heavy (non-hydrogen) atoms. The molecule has 0 spiro atoms. The first-order chi connectivity index (χ1) is 21.7. The lowest BCUT2D eigenvalue weighted by atomic mass is 10.00. The van der Waals surface area contributed by atoms with Crippen molar-refractivity contribution in [1.82, 2.24) is 19.9 Å². The van der Waals surface area contributed by atoms with E-state index in [4.69, 9.17) is 14.7 Å². The molecule has 3 N–H and O–H groups in total. The van der Waals surface area contributed by atoms with Crippen LogP contribution in [0.1, 0.15) is 98.9 Å². The van der Waals surface area contributed by atoms with Gasteiger partial charge in [0.15, 0.2) is 0 Å². The van der Waals surface area contributed by atoms with E-state index in [9.17, 15) is 14.7 Å². The molecule has 0 saturated carbocycles. The fraction of sp³-hybridized carbons (Fsp3) is 0.316. The zero-order valence-corrected chi connectivity index (χ0v) is 27.8. The summed E-state index contributed by atoms with van der Waals surface area (Å²) in [7, 11) is 0. The second-order valence-electron chi connectivity index (χ2n) is 12.9. The number of carbonyl (C=O) groups is 2. The number of aliphatic carboxylic acids is 1. The third-order valence-corrected chi connectivity index (χ3v) is 8.63. The molecule has 0 saturated heterocycles. The first-order valence-corrected chi connectivity index (χ1v) is 15.6. The van der Waals surface area contributed by atoms with E-state index in [0.29, 0.717) is 18.5 Å². The lowest BCUT2D eigenvalue weighted by molar-refractivity contribution is -0.154. The molecule has 8 heteroatoms. The normalized spacial score (nSPS) is 13.3. The summed E-state index contributed by atoms with van der Waals surface area (Å²) < 4.78 is 5.61. The van der Waals surface area contributed by atoms with Gasteiger partial charge in [0, 0.05) is 46.0 Å². The van der Waals surface area contributed by atoms with Crippen LogP contribution in [0, 0.1) is 13.8 Å². The maximum absolute atomic E-state index is 12.8. The Hall–Kier alpha value is -4.98. The number of allylic oxidation sites excluding steroid dienone is 5. The van der Waals surface area contributed by atoms with E-state index in [2.05, 4.69) is 36.1 Å². The molecule has 8 nitrogen and oxygen atoms in total. The molecular weight excluding hydrogens is 576 g/mol. The number of aryl methyl sites for hydroxylation is 3. The first-order valence-electron chi connectivity index (χ1n) is 15.6. The summed E-state index contributed by atoms with van der Waals surface area (Å²) >= 11 is 0. The summed E-state index contributed by atoms with van der Waals surface area (Å²) in [6.45, 7) is 21.8. The average Bonchev–Trinajstić information content (AvgIpc) is 3.63. The Bertz CT molecular complexity index is 2030. The predicted molar refractivity (Wildman–Crippen MR) is 187 cm³/mol. The molecule has 5 rings (SSSR count). The van der Waals surface area contributed by atoms with Gasteiger partial charge in [0.25, 0.3) is 0 Å². The number of carboxylic acid groups (broad SMARTS) is 1. The Morgan fingerprint density at radius 2 is 1.41 bits per heavy atom. The number of ether oxygens (including phenoxy) is 1. The number of nitrogens with one attached hydrogen (secondary N) is 2. The molecule has 3 aromatic heterocycles. The number of H-pyrrole nitrogens is 2. The van der Waals surface area contributed by atoms with Crippen molar-refractivity contribution in [3.63, 3.8) is 0 Å². The number of hydrogen-bond donors (Lipinski definition) is 3. The van der Waals surface area contributed by atoms with Crippen LogP contribution in [0.15, 0.2) is 43.5 Å². The van der Waals surface area contributed by atoms with Crippen molar-refractivity contribution in [2.45, 2.75) is 79.8 Å². The van der Waals surface area contributed by atoms with E-state index in [-0.39, 0.29) is 18.8 Å². The number of nitrogens with zero attached hydrogens (tertiary/aromatic N) is 2. The summed E-state index contributed by atoms with van der Waals surface area (Å²) in [5.74, 6) is -1.14. The van der Waals surface area contributed by atoms with E-state index in [1.165, 1.54) is 0 Å². The molecule has 0 unspecified atom stereocenters. The van der Waals surface area contributed by atoms with Gasteiger partial charge >= 0.3 is 11.9 Å². The van der Waals surface area contributed by atoms with Gasteiger partial charge in [0.05, 0.1) is 22.8 Å². The molecule has 3 aromatic rings. The van der Waals surface area contributed by atoms with E-state index in [1.54, 1.807) is 0 Å². The Balaban J connectivity index is 1.86. The minimum Gasteiger partial charge on any atom is -0.481 e. The minimum atomic E-state index is -0.871. The highest BCUT2D eigenvalue weighted by atomic mass is 16.6. The zero-order chi connectivity index (χ0) is 33.5. The van der Waals surface area contributed by atoms with Gasteiger partial charge in [0.2, 0.25) is 0 Å². The fourth-order valence-corrected chi connectivity index (χ4v) is 6.16. The second kappa shape index (κ2) is 12.4. The topological polar surface area (TPSA) is 121 Å². The first kappa shape index (κ1) is 32.4. The summed E-state index contributed by atoms with van der Waals surface area (Å²) in [5.41, 5.74) is 13.6. The molecule has 0 aliphatic carbocycles. The molecule has 0 fully saturated rings. The molecule has 5 heterocycles. The molecule has 0 radical (unpaired) electrons. The van der Waals surface area contributed by atoms with E-state index in [1.807, 2.05) is 71.9 Å². The number of hydrogen-bond acceptors (Lipinski definition) is 5. The van der Waals surface area contributed by atoms with Gasteiger partial charge in [-0.3, -0.25) is 9.59 Å². The van der Waals surface area contributed by atoms with Crippen LogP contribution in [0.25, 0.3) is 50.4 Å². The van der Waals surface area contributed by atoms with Gasteiger partial charge in [0.1, 0.15) is 5.60 Å². The SMILES string of the molecule is C=CC1=C(C)c2cc3nc(cc4[nH]c(cc5[nH]c(cc1n2)c(C)c5C=C)c(C)c4CCC(=O)OC(C)(C)C)C(CCC(=O)O)=C3C. The highest BCUT2D eigenvalue weighted by molar-refractivity contribution is 5.98. The van der Waals surface area contributed by atoms with Crippen LogP contribution < -0.4 is 0 Å². The number of rotatable bonds is 8. The summed E-state index contributed by atoms with van der Waals surface area (Å²) in [5, 5.41) is 9.54. The summed E-state index contributed by atoms with van der Waals surface area (Å²) in [6.07, 6.45) is 4.65. The molecule has 0 aromatic carbocycles. The van der Waals surface area contributed by atoms with E-state index < -0.39 is 11.6 Å². The Morgan fingerprint density at radius 1 is 0.783 bits per heavy atom. The number of carboxylic acids is 1. The van der Waals surface area contributed by atoms with Gasteiger partial charge in [-0.25, -0.2) is 9.97 Å². The number of aromatic nitrogens is 4. The maximum Gasteiger partial charge on any atom is 0.306 e. The van der Waals surface area contributed by atoms with Crippen molar-refractivity contribution in [2.24, 2.45) is 0 Å². The van der Waals surface area contributed by atoms with Crippen LogP contribution in [0.5, 0.6) is 0 Å². The predicted octanol–water partition coefficient (Wildman–Crippen LogP) is 8.76. The quantitative estimate of drug-likeness (QED) is 0.217. The van der Waals surface area contributed by atoms with E-state index >= 15 is 0 Å². The van der Waals surface area contributed by atoms with Gasteiger partial charge in [-0.15, -0.1) is 0 Å². The third kappa shape index (κ3) is 6.38. The smallest absolute Gasteiger partial charge is 0.306 e.